The van der Waals surface area contributed by atoms with E-state index in [1.165, 1.54) is 18.5 Å². The van der Waals surface area contributed by atoms with Gasteiger partial charge in [0, 0.05) is 49.4 Å². The van der Waals surface area contributed by atoms with E-state index in [4.69, 9.17) is 4.74 Å². The fraction of sp³-hybridized carbons (Fsp3) is 0.588. The van der Waals surface area contributed by atoms with Crippen molar-refractivity contribution >= 4 is 17.3 Å². The summed E-state index contributed by atoms with van der Waals surface area (Å²) >= 11 is 1.73. The second-order valence-corrected chi connectivity index (χ2v) is 7.58. The number of rotatable bonds is 5. The largest absolute Gasteiger partial charge is 0.375 e. The average molecular weight is 345 g/mol. The van der Waals surface area contributed by atoms with Crippen LogP contribution in [0.5, 0.6) is 0 Å². The van der Waals surface area contributed by atoms with Crippen molar-refractivity contribution in [2.45, 2.75) is 38.5 Å². The number of thiazole rings is 1. The van der Waals surface area contributed by atoms with E-state index >= 15 is 0 Å². The van der Waals surface area contributed by atoms with Crippen LogP contribution < -0.4 is 5.32 Å². The molecule has 128 valence electrons. The first-order valence-corrected chi connectivity index (χ1v) is 9.45. The summed E-state index contributed by atoms with van der Waals surface area (Å²) in [6.45, 7) is 5.69. The Hall–Kier alpha value is -1.57. The van der Waals surface area contributed by atoms with Crippen molar-refractivity contribution in [3.05, 3.63) is 34.5 Å². The maximum Gasteiger partial charge on any atom is 0.222 e. The average Bonchev–Trinajstić information content (AvgIpc) is 3.21. The molecule has 0 radical (unpaired) electrons. The lowest BCUT2D eigenvalue weighted by Crippen LogP contribution is -2.50. The molecule has 3 atom stereocenters. The van der Waals surface area contributed by atoms with Gasteiger partial charge in [-0.05, 0) is 25.8 Å². The Balaban J connectivity index is 1.37. The Morgan fingerprint density at radius 3 is 3.00 bits per heavy atom. The molecule has 1 aliphatic carbocycles. The number of ether oxygens (including phenoxy) is 1. The fourth-order valence-electron chi connectivity index (χ4n) is 3.85. The minimum absolute atomic E-state index is 0.301. The summed E-state index contributed by atoms with van der Waals surface area (Å²) in [6, 6.07) is 2.34. The molecule has 0 amide bonds. The Labute approximate surface area is 146 Å². The van der Waals surface area contributed by atoms with Gasteiger partial charge in [0.25, 0.3) is 0 Å². The molecule has 1 saturated heterocycles. The normalized spacial score (nSPS) is 27.1. The standard InChI is InChI=1S/C17H23N5OS/c1-12-21-14(11-24-12)10-22-7-8-23-16-13(3-4-15(16)22)9-20-17-18-5-2-6-19-17/h2,5-6,11,13,15-16H,3-4,7-10H2,1H3,(H,18,19,20)/t13-,15+,16-/m1/s1. The highest BCUT2D eigenvalue weighted by atomic mass is 32.1. The lowest BCUT2D eigenvalue weighted by atomic mass is 10.0. The van der Waals surface area contributed by atoms with E-state index in [1.807, 2.05) is 6.07 Å². The summed E-state index contributed by atoms with van der Waals surface area (Å²) in [6.07, 6.45) is 6.20. The molecule has 4 rings (SSSR count). The molecule has 2 fully saturated rings. The SMILES string of the molecule is Cc1nc(CN2CCO[C@@H]3[C@@H](CNc4ncccn4)CC[C@@H]32)cs1. The van der Waals surface area contributed by atoms with Gasteiger partial charge in [0.1, 0.15) is 0 Å². The van der Waals surface area contributed by atoms with Gasteiger partial charge < -0.3 is 10.1 Å². The predicted molar refractivity (Wildman–Crippen MR) is 94.0 cm³/mol. The molecule has 2 aromatic heterocycles. The van der Waals surface area contributed by atoms with Gasteiger partial charge in [0.15, 0.2) is 0 Å². The first kappa shape index (κ1) is 15.9. The Kier molecular flexibility index (Phi) is 4.73. The number of anilines is 1. The zero-order valence-corrected chi connectivity index (χ0v) is 14.7. The van der Waals surface area contributed by atoms with Crippen LogP contribution in [0, 0.1) is 12.8 Å². The van der Waals surface area contributed by atoms with Crippen LogP contribution in [-0.2, 0) is 11.3 Å². The highest BCUT2D eigenvalue weighted by Crippen LogP contribution is 2.35. The molecule has 0 bridgehead atoms. The van der Waals surface area contributed by atoms with Crippen molar-refractivity contribution in [3.63, 3.8) is 0 Å². The zero-order valence-electron chi connectivity index (χ0n) is 13.9. The van der Waals surface area contributed by atoms with Crippen LogP contribution in [0.2, 0.25) is 0 Å². The van der Waals surface area contributed by atoms with E-state index in [9.17, 15) is 0 Å². The molecule has 1 aliphatic heterocycles. The van der Waals surface area contributed by atoms with Gasteiger partial charge in [-0.15, -0.1) is 11.3 Å². The summed E-state index contributed by atoms with van der Waals surface area (Å²) in [5.41, 5.74) is 1.19. The molecule has 7 heteroatoms. The highest BCUT2D eigenvalue weighted by Gasteiger charge is 2.42. The van der Waals surface area contributed by atoms with E-state index in [0.717, 1.165) is 31.2 Å². The fourth-order valence-corrected chi connectivity index (χ4v) is 4.46. The molecule has 0 unspecified atom stereocenters. The third-order valence-electron chi connectivity index (χ3n) is 4.95. The van der Waals surface area contributed by atoms with E-state index in [2.05, 4.69) is 37.5 Å². The number of aromatic nitrogens is 3. The molecule has 1 saturated carbocycles. The van der Waals surface area contributed by atoms with Crippen molar-refractivity contribution in [1.29, 1.82) is 0 Å². The lowest BCUT2D eigenvalue weighted by molar-refractivity contribution is -0.0748. The van der Waals surface area contributed by atoms with Crippen molar-refractivity contribution in [2.24, 2.45) is 5.92 Å². The summed E-state index contributed by atoms with van der Waals surface area (Å²) in [4.78, 5) is 15.7. The molecule has 3 heterocycles. The monoisotopic (exact) mass is 345 g/mol. The molecular formula is C17H23N5OS. The Morgan fingerprint density at radius 2 is 2.21 bits per heavy atom. The number of aryl methyl sites for hydroxylation is 1. The van der Waals surface area contributed by atoms with Gasteiger partial charge in [0.2, 0.25) is 5.95 Å². The molecule has 24 heavy (non-hydrogen) atoms. The molecule has 2 aromatic rings. The van der Waals surface area contributed by atoms with Crippen molar-refractivity contribution in [1.82, 2.24) is 19.9 Å². The quantitative estimate of drug-likeness (QED) is 0.897. The Bertz CT molecular complexity index is 664. The number of hydrogen-bond donors (Lipinski definition) is 1. The third kappa shape index (κ3) is 3.43. The van der Waals surface area contributed by atoms with Gasteiger partial charge in [-0.1, -0.05) is 0 Å². The highest BCUT2D eigenvalue weighted by molar-refractivity contribution is 7.09. The maximum atomic E-state index is 6.14. The lowest BCUT2D eigenvalue weighted by Gasteiger charge is -2.39. The summed E-state index contributed by atoms with van der Waals surface area (Å²) < 4.78 is 6.14. The Morgan fingerprint density at radius 1 is 1.33 bits per heavy atom. The topological polar surface area (TPSA) is 63.2 Å². The van der Waals surface area contributed by atoms with Gasteiger partial charge >= 0.3 is 0 Å². The molecule has 1 N–H and O–H groups in total. The molecular weight excluding hydrogens is 322 g/mol. The molecule has 0 aromatic carbocycles. The van der Waals surface area contributed by atoms with Crippen LogP contribution >= 0.6 is 11.3 Å². The minimum atomic E-state index is 0.301. The second-order valence-electron chi connectivity index (χ2n) is 6.52. The van der Waals surface area contributed by atoms with Crippen molar-refractivity contribution < 1.29 is 4.74 Å². The summed E-state index contributed by atoms with van der Waals surface area (Å²) in [5, 5.41) is 6.68. The summed E-state index contributed by atoms with van der Waals surface area (Å²) in [7, 11) is 0. The van der Waals surface area contributed by atoms with Gasteiger partial charge in [0.05, 0.1) is 23.4 Å². The van der Waals surface area contributed by atoms with Crippen LogP contribution in [0.1, 0.15) is 23.5 Å². The third-order valence-corrected chi connectivity index (χ3v) is 5.78. The van der Waals surface area contributed by atoms with Gasteiger partial charge in [-0.25, -0.2) is 15.0 Å². The number of hydrogen-bond acceptors (Lipinski definition) is 7. The van der Waals surface area contributed by atoms with E-state index < -0.39 is 0 Å². The number of nitrogens with zero attached hydrogens (tertiary/aromatic N) is 4. The molecule has 6 nitrogen and oxygen atoms in total. The first-order chi connectivity index (χ1) is 11.8. The smallest absolute Gasteiger partial charge is 0.222 e. The minimum Gasteiger partial charge on any atom is -0.375 e. The van der Waals surface area contributed by atoms with Crippen LogP contribution in [-0.4, -0.2) is 51.7 Å². The van der Waals surface area contributed by atoms with Crippen LogP contribution in [0.15, 0.2) is 23.8 Å². The summed E-state index contributed by atoms with van der Waals surface area (Å²) in [5.74, 6) is 1.21. The van der Waals surface area contributed by atoms with E-state index in [0.29, 0.717) is 24.0 Å². The second kappa shape index (κ2) is 7.13. The molecule has 2 aliphatic rings. The van der Waals surface area contributed by atoms with E-state index in [-0.39, 0.29) is 0 Å². The zero-order chi connectivity index (χ0) is 16.4. The number of morpholine rings is 1. The first-order valence-electron chi connectivity index (χ1n) is 8.57. The van der Waals surface area contributed by atoms with Crippen LogP contribution in [0.4, 0.5) is 5.95 Å². The van der Waals surface area contributed by atoms with Gasteiger partial charge in [-0.2, -0.15) is 0 Å². The van der Waals surface area contributed by atoms with Crippen LogP contribution in [0.3, 0.4) is 0 Å². The van der Waals surface area contributed by atoms with Crippen LogP contribution in [0.25, 0.3) is 0 Å². The van der Waals surface area contributed by atoms with Gasteiger partial charge in [-0.3, -0.25) is 4.90 Å². The number of fused-ring (bicyclic) bond motifs is 1. The van der Waals surface area contributed by atoms with Crippen molar-refractivity contribution in [3.8, 4) is 0 Å². The number of nitrogens with one attached hydrogen (secondary N) is 1. The van der Waals surface area contributed by atoms with Crippen molar-refractivity contribution in [2.75, 3.05) is 25.0 Å². The predicted octanol–water partition coefficient (Wildman–Crippen LogP) is 2.33. The maximum absolute atomic E-state index is 6.14. The molecule has 0 spiro atoms. The van der Waals surface area contributed by atoms with E-state index in [1.54, 1.807) is 23.7 Å².